The molecule has 0 bridgehead atoms. The highest BCUT2D eigenvalue weighted by molar-refractivity contribution is 6.12. The SMILES string of the molecule is Cc1cc(-c2c(-c3ccc4c(c3)oc3c(-c5ccccc5)cccc34)c3cc(-c4ccccc4)ccc3n2Cc2ccccc2)cc(-c2cccc(-c3cc(-c4ccccc4)cc(-c4ccccc4O)n3)c2)n1. The molecule has 0 fully saturated rings. The van der Waals surface area contributed by atoms with E-state index in [0.717, 1.165) is 117 Å². The van der Waals surface area contributed by atoms with Crippen LogP contribution in [0.5, 0.6) is 5.75 Å². The lowest BCUT2D eigenvalue weighted by atomic mass is 9.94. The number of aromatic hydroxyl groups is 1. The van der Waals surface area contributed by atoms with Gasteiger partial charge in [-0.2, -0.15) is 0 Å². The summed E-state index contributed by atoms with van der Waals surface area (Å²) in [5, 5.41) is 14.3. The van der Waals surface area contributed by atoms with Crippen molar-refractivity contribution in [1.29, 1.82) is 0 Å². The molecule has 5 nitrogen and oxygen atoms in total. The number of hydrogen-bond acceptors (Lipinski definition) is 4. The number of rotatable bonds is 10. The zero-order chi connectivity index (χ0) is 48.8. The Labute approximate surface area is 423 Å². The lowest BCUT2D eigenvalue weighted by Crippen LogP contribution is -2.03. The van der Waals surface area contributed by atoms with Crippen molar-refractivity contribution in [3.8, 4) is 95.3 Å². The molecule has 0 saturated heterocycles. The maximum absolute atomic E-state index is 11.0. The zero-order valence-corrected chi connectivity index (χ0v) is 40.1. The first-order valence-corrected chi connectivity index (χ1v) is 24.7. The van der Waals surface area contributed by atoms with Gasteiger partial charge in [-0.1, -0.05) is 182 Å². The number of aryl methyl sites for hydroxylation is 1. The fourth-order valence-electron chi connectivity index (χ4n) is 10.6. The second-order valence-electron chi connectivity index (χ2n) is 18.7. The quantitative estimate of drug-likeness (QED) is 0.148. The Morgan fingerprint density at radius 3 is 1.73 bits per heavy atom. The molecular formula is C68H47N3O2. The van der Waals surface area contributed by atoms with E-state index in [1.54, 1.807) is 6.07 Å². The van der Waals surface area contributed by atoms with Crippen molar-refractivity contribution in [2.45, 2.75) is 13.5 Å². The second-order valence-corrected chi connectivity index (χ2v) is 18.7. The average molecular weight is 938 g/mol. The largest absolute Gasteiger partial charge is 0.507 e. The number of hydrogen-bond donors (Lipinski definition) is 1. The molecule has 346 valence electrons. The highest BCUT2D eigenvalue weighted by Gasteiger charge is 2.24. The van der Waals surface area contributed by atoms with E-state index in [1.165, 1.54) is 5.56 Å². The molecule has 0 spiro atoms. The number of pyridine rings is 2. The van der Waals surface area contributed by atoms with Crippen LogP contribution in [0.2, 0.25) is 0 Å². The van der Waals surface area contributed by atoms with Crippen molar-refractivity contribution in [1.82, 2.24) is 14.5 Å². The van der Waals surface area contributed by atoms with Gasteiger partial charge in [-0.05, 0) is 113 Å². The van der Waals surface area contributed by atoms with Gasteiger partial charge in [0.15, 0.2) is 0 Å². The predicted molar refractivity (Wildman–Crippen MR) is 300 cm³/mol. The molecule has 73 heavy (non-hydrogen) atoms. The van der Waals surface area contributed by atoms with E-state index in [-0.39, 0.29) is 5.75 Å². The number of phenolic OH excluding ortho intramolecular Hbond substituents is 1. The summed E-state index contributed by atoms with van der Waals surface area (Å²) in [7, 11) is 0. The van der Waals surface area contributed by atoms with Gasteiger partial charge in [0.25, 0.3) is 0 Å². The summed E-state index contributed by atoms with van der Waals surface area (Å²) in [4.78, 5) is 10.4. The van der Waals surface area contributed by atoms with E-state index in [4.69, 9.17) is 14.4 Å². The predicted octanol–water partition coefficient (Wildman–Crippen LogP) is 17.7. The van der Waals surface area contributed by atoms with Crippen molar-refractivity contribution in [3.05, 3.63) is 260 Å². The lowest BCUT2D eigenvalue weighted by molar-refractivity contribution is 0.477. The van der Waals surface area contributed by atoms with Crippen LogP contribution in [0.3, 0.4) is 0 Å². The minimum Gasteiger partial charge on any atom is -0.507 e. The van der Waals surface area contributed by atoms with Crippen LogP contribution in [0.1, 0.15) is 11.3 Å². The van der Waals surface area contributed by atoms with Crippen molar-refractivity contribution < 1.29 is 9.52 Å². The van der Waals surface area contributed by atoms with E-state index in [9.17, 15) is 5.11 Å². The van der Waals surface area contributed by atoms with E-state index in [1.807, 2.05) is 42.5 Å². The number of benzene rings is 9. The highest BCUT2D eigenvalue weighted by Crippen LogP contribution is 2.46. The number of furan rings is 1. The molecule has 0 saturated carbocycles. The normalized spacial score (nSPS) is 11.5. The molecule has 0 unspecified atom stereocenters. The Balaban J connectivity index is 1.02. The van der Waals surface area contributed by atoms with Crippen LogP contribution in [0, 0.1) is 6.92 Å². The molecule has 0 aliphatic heterocycles. The maximum atomic E-state index is 11.0. The molecule has 1 N–H and O–H groups in total. The molecule has 4 aromatic heterocycles. The van der Waals surface area contributed by atoms with E-state index >= 15 is 0 Å². The molecule has 0 aliphatic rings. The van der Waals surface area contributed by atoms with Gasteiger partial charge >= 0.3 is 0 Å². The van der Waals surface area contributed by atoms with Gasteiger partial charge in [0.1, 0.15) is 16.9 Å². The van der Waals surface area contributed by atoms with Gasteiger partial charge in [0.2, 0.25) is 0 Å². The van der Waals surface area contributed by atoms with Crippen LogP contribution >= 0.6 is 0 Å². The molecule has 0 amide bonds. The molecule has 13 rings (SSSR count). The fraction of sp³-hybridized carbons (Fsp3) is 0.0294. The first kappa shape index (κ1) is 43.4. The van der Waals surface area contributed by atoms with Gasteiger partial charge < -0.3 is 14.1 Å². The smallest absolute Gasteiger partial charge is 0.143 e. The Morgan fingerprint density at radius 1 is 0.397 bits per heavy atom. The van der Waals surface area contributed by atoms with Crippen molar-refractivity contribution in [3.63, 3.8) is 0 Å². The Morgan fingerprint density at radius 2 is 0.986 bits per heavy atom. The van der Waals surface area contributed by atoms with Crippen LogP contribution in [0.4, 0.5) is 0 Å². The number of aromatic nitrogens is 3. The van der Waals surface area contributed by atoms with Crippen LogP contribution in [0.25, 0.3) is 122 Å². The fourth-order valence-corrected chi connectivity index (χ4v) is 10.6. The summed E-state index contributed by atoms with van der Waals surface area (Å²) in [6.45, 7) is 2.74. The molecule has 13 aromatic rings. The summed E-state index contributed by atoms with van der Waals surface area (Å²) in [5.74, 6) is 0.187. The number of nitrogens with zero attached hydrogens (tertiary/aromatic N) is 3. The summed E-state index contributed by atoms with van der Waals surface area (Å²) in [6.07, 6.45) is 0. The Kier molecular flexibility index (Phi) is 10.9. The Bertz CT molecular complexity index is 4180. The standard InChI is InChI=1S/C68H47N3O2/c1-44-36-54(41-60(69-44)50-26-16-27-51(37-50)61-39-53(47-22-10-4-11-23-47)40-62(70-61)58-28-14-15-31-64(58)72)67-66(52-32-34-56-57-30-17-29-55(48-24-12-5-13-25-48)68(57)73-65(56)42-52)59-38-49(46-20-8-3-9-21-46)33-35-63(59)71(67)43-45-18-6-2-7-19-45/h2-42,72H,43H2,1H3. The van der Waals surface area contributed by atoms with Crippen LogP contribution < -0.4 is 0 Å². The Hall–Kier alpha value is -9.58. The third kappa shape index (κ3) is 8.13. The lowest BCUT2D eigenvalue weighted by Gasteiger charge is -2.16. The number of phenols is 1. The number of fused-ring (bicyclic) bond motifs is 4. The van der Waals surface area contributed by atoms with E-state index in [2.05, 4.69) is 212 Å². The average Bonchev–Trinajstić information content (AvgIpc) is 3.98. The third-order valence-electron chi connectivity index (χ3n) is 14.0. The second kappa shape index (κ2) is 18.3. The maximum Gasteiger partial charge on any atom is 0.143 e. The molecular weight excluding hydrogens is 891 g/mol. The topological polar surface area (TPSA) is 64.1 Å². The van der Waals surface area contributed by atoms with Gasteiger partial charge in [-0.15, -0.1) is 0 Å². The van der Waals surface area contributed by atoms with Gasteiger partial charge in [0, 0.05) is 67.3 Å². The van der Waals surface area contributed by atoms with Crippen molar-refractivity contribution >= 4 is 32.8 Å². The van der Waals surface area contributed by atoms with Crippen LogP contribution in [-0.2, 0) is 6.54 Å². The summed E-state index contributed by atoms with van der Waals surface area (Å²) < 4.78 is 9.42. The first-order valence-electron chi connectivity index (χ1n) is 24.7. The van der Waals surface area contributed by atoms with Gasteiger partial charge in [0.05, 0.1) is 22.8 Å². The molecule has 0 aliphatic carbocycles. The molecule has 0 atom stereocenters. The van der Waals surface area contributed by atoms with E-state index < -0.39 is 0 Å². The molecule has 9 aromatic carbocycles. The third-order valence-corrected chi connectivity index (χ3v) is 14.0. The minimum absolute atomic E-state index is 0.187. The summed E-state index contributed by atoms with van der Waals surface area (Å²) in [5.41, 5.74) is 20.8. The highest BCUT2D eigenvalue weighted by atomic mass is 16.3. The molecule has 0 radical (unpaired) electrons. The van der Waals surface area contributed by atoms with Gasteiger partial charge in [-0.3, -0.25) is 4.98 Å². The van der Waals surface area contributed by atoms with Crippen LogP contribution in [-0.4, -0.2) is 19.6 Å². The van der Waals surface area contributed by atoms with E-state index in [0.29, 0.717) is 17.8 Å². The van der Waals surface area contributed by atoms with Crippen molar-refractivity contribution in [2.75, 3.05) is 0 Å². The van der Waals surface area contributed by atoms with Crippen LogP contribution in [0.15, 0.2) is 253 Å². The number of para-hydroxylation sites is 2. The molecule has 4 heterocycles. The zero-order valence-electron chi connectivity index (χ0n) is 40.1. The first-order chi connectivity index (χ1) is 36.0. The molecule has 5 heteroatoms. The monoisotopic (exact) mass is 937 g/mol. The summed E-state index contributed by atoms with van der Waals surface area (Å²) >= 11 is 0. The minimum atomic E-state index is 0.187. The van der Waals surface area contributed by atoms with Crippen molar-refractivity contribution in [2.24, 2.45) is 0 Å². The summed E-state index contributed by atoms with van der Waals surface area (Å²) in [6, 6.07) is 86.8. The van der Waals surface area contributed by atoms with Gasteiger partial charge in [-0.25, -0.2) is 4.98 Å².